The van der Waals surface area contributed by atoms with Crippen LogP contribution < -0.4 is 20.3 Å². The molecule has 1 aliphatic heterocycles. The first-order valence-electron chi connectivity index (χ1n) is 14.6. The Morgan fingerprint density at radius 2 is 1.58 bits per heavy atom. The highest BCUT2D eigenvalue weighted by atomic mass is 16.6. The number of fused-ring (bicyclic) bond motifs is 1. The van der Waals surface area contributed by atoms with Crippen LogP contribution in [0.3, 0.4) is 0 Å². The predicted molar refractivity (Wildman–Crippen MR) is 171 cm³/mol. The molecule has 2 N–H and O–H groups in total. The predicted octanol–water partition coefficient (Wildman–Crippen LogP) is 6.74. The molecule has 0 saturated heterocycles. The lowest BCUT2D eigenvalue weighted by atomic mass is 9.99. The molecule has 0 aromatic heterocycles. The topological polar surface area (TPSA) is 121 Å². The van der Waals surface area contributed by atoms with Gasteiger partial charge in [0.1, 0.15) is 17.1 Å². The number of nitrogens with zero attached hydrogens (tertiary/aromatic N) is 2. The first kappa shape index (κ1) is 31.0. The highest BCUT2D eigenvalue weighted by molar-refractivity contribution is 6.35. The van der Waals surface area contributed by atoms with E-state index in [0.717, 1.165) is 16.7 Å². The third-order valence-electron chi connectivity index (χ3n) is 7.17. The maximum atomic E-state index is 13.8. The standard InChI is InChI=1S/C36H34N4O5/c1-23-28(25-11-6-5-7-12-25)14-9-15-31(23)40-33(41)29-19-26(22-38-16-17-39-35(43)45-36(2,3)4)32(20-30(29)34(40)42)44-27-13-8-10-24(18-27)21-37/h5-15,18-20,38H,16-17,22H2,1-4H3,(H,39,43). The molecule has 45 heavy (non-hydrogen) atoms. The molecule has 5 rings (SSSR count). The van der Waals surface area contributed by atoms with Crippen LogP contribution in [0, 0.1) is 18.3 Å². The van der Waals surface area contributed by atoms with Crippen LogP contribution in [0.15, 0.2) is 84.9 Å². The largest absolute Gasteiger partial charge is 0.457 e. The Kier molecular flexibility index (Phi) is 8.98. The first-order valence-corrected chi connectivity index (χ1v) is 14.6. The highest BCUT2D eigenvalue weighted by Gasteiger charge is 2.39. The Hall–Kier alpha value is -5.46. The summed E-state index contributed by atoms with van der Waals surface area (Å²) in [5, 5.41) is 15.3. The van der Waals surface area contributed by atoms with Gasteiger partial charge in [0.2, 0.25) is 0 Å². The maximum Gasteiger partial charge on any atom is 0.407 e. The van der Waals surface area contributed by atoms with Crippen molar-refractivity contribution in [1.82, 2.24) is 10.6 Å². The Morgan fingerprint density at radius 3 is 2.29 bits per heavy atom. The summed E-state index contributed by atoms with van der Waals surface area (Å²) < 4.78 is 11.5. The number of imide groups is 1. The lowest BCUT2D eigenvalue weighted by molar-refractivity contribution is 0.0528. The SMILES string of the molecule is Cc1c(-c2ccccc2)cccc1N1C(=O)c2cc(CNCCNC(=O)OC(C)(C)C)c(Oc3cccc(C#N)c3)cc2C1=O. The van der Waals surface area contributed by atoms with Crippen LogP contribution in [-0.2, 0) is 11.3 Å². The minimum absolute atomic E-state index is 0.228. The van der Waals surface area contributed by atoms with Gasteiger partial charge >= 0.3 is 6.09 Å². The van der Waals surface area contributed by atoms with Gasteiger partial charge < -0.3 is 20.1 Å². The molecule has 0 bridgehead atoms. The van der Waals surface area contributed by atoms with E-state index in [2.05, 4.69) is 16.7 Å². The maximum absolute atomic E-state index is 13.8. The molecular formula is C36H34N4O5. The molecule has 9 heteroatoms. The van der Waals surface area contributed by atoms with Gasteiger partial charge in [0.15, 0.2) is 0 Å². The zero-order valence-electron chi connectivity index (χ0n) is 25.6. The van der Waals surface area contributed by atoms with Crippen LogP contribution in [0.25, 0.3) is 11.1 Å². The summed E-state index contributed by atoms with van der Waals surface area (Å²) >= 11 is 0. The smallest absolute Gasteiger partial charge is 0.407 e. The Balaban J connectivity index is 1.43. The molecule has 4 aromatic rings. The number of amides is 3. The molecule has 0 fully saturated rings. The van der Waals surface area contributed by atoms with E-state index in [4.69, 9.17) is 9.47 Å². The van der Waals surface area contributed by atoms with Crippen molar-refractivity contribution in [3.05, 3.63) is 113 Å². The van der Waals surface area contributed by atoms with Crippen molar-refractivity contribution in [2.75, 3.05) is 18.0 Å². The second-order valence-corrected chi connectivity index (χ2v) is 11.6. The van der Waals surface area contributed by atoms with Crippen LogP contribution in [0.4, 0.5) is 10.5 Å². The van der Waals surface area contributed by atoms with E-state index in [0.29, 0.717) is 41.4 Å². The molecule has 0 unspecified atom stereocenters. The van der Waals surface area contributed by atoms with E-state index in [9.17, 15) is 19.6 Å². The molecule has 0 saturated carbocycles. The fourth-order valence-corrected chi connectivity index (χ4v) is 5.11. The highest BCUT2D eigenvalue weighted by Crippen LogP contribution is 2.38. The summed E-state index contributed by atoms with van der Waals surface area (Å²) in [7, 11) is 0. The average molecular weight is 603 g/mol. The lowest BCUT2D eigenvalue weighted by Crippen LogP contribution is -2.36. The number of rotatable bonds is 9. The molecule has 228 valence electrons. The Morgan fingerprint density at radius 1 is 0.867 bits per heavy atom. The fourth-order valence-electron chi connectivity index (χ4n) is 5.11. The van der Waals surface area contributed by atoms with E-state index >= 15 is 0 Å². The second-order valence-electron chi connectivity index (χ2n) is 11.6. The number of nitrogens with one attached hydrogen (secondary N) is 2. The van der Waals surface area contributed by atoms with Gasteiger partial charge in [-0.15, -0.1) is 0 Å². The van der Waals surface area contributed by atoms with Crippen molar-refractivity contribution in [1.29, 1.82) is 5.26 Å². The summed E-state index contributed by atoms with van der Waals surface area (Å²) in [5.74, 6) is -0.0785. The molecule has 1 aliphatic rings. The van der Waals surface area contributed by atoms with E-state index in [-0.39, 0.29) is 17.7 Å². The lowest BCUT2D eigenvalue weighted by Gasteiger charge is -2.19. The number of carbonyl (C=O) groups is 3. The minimum atomic E-state index is -0.601. The Labute approximate surface area is 262 Å². The number of hydrogen-bond donors (Lipinski definition) is 2. The zero-order chi connectivity index (χ0) is 32.1. The van der Waals surface area contributed by atoms with Crippen LogP contribution in [0.1, 0.15) is 58.2 Å². The van der Waals surface area contributed by atoms with Crippen molar-refractivity contribution in [3.63, 3.8) is 0 Å². The van der Waals surface area contributed by atoms with E-state index in [1.54, 1.807) is 63.2 Å². The van der Waals surface area contributed by atoms with Gasteiger partial charge in [-0.05, 0) is 80.8 Å². The van der Waals surface area contributed by atoms with Gasteiger partial charge in [0, 0.05) is 25.2 Å². The van der Waals surface area contributed by atoms with Crippen molar-refractivity contribution in [2.45, 2.75) is 39.8 Å². The number of anilines is 1. The summed E-state index contributed by atoms with van der Waals surface area (Å²) in [6.45, 7) is 8.27. The summed E-state index contributed by atoms with van der Waals surface area (Å²) in [6, 6.07) is 27.4. The Bertz CT molecular complexity index is 1800. The molecule has 4 aromatic carbocycles. The zero-order valence-corrected chi connectivity index (χ0v) is 25.6. The van der Waals surface area contributed by atoms with Gasteiger partial charge in [-0.2, -0.15) is 5.26 Å². The van der Waals surface area contributed by atoms with Gasteiger partial charge in [-0.25, -0.2) is 9.69 Å². The molecule has 0 spiro atoms. The number of nitriles is 1. The minimum Gasteiger partial charge on any atom is -0.457 e. The number of ether oxygens (including phenoxy) is 2. The molecule has 3 amide bonds. The monoisotopic (exact) mass is 602 g/mol. The van der Waals surface area contributed by atoms with Crippen molar-refractivity contribution >= 4 is 23.6 Å². The molecule has 0 radical (unpaired) electrons. The van der Waals surface area contributed by atoms with Crippen LogP contribution in [0.2, 0.25) is 0 Å². The summed E-state index contributed by atoms with van der Waals surface area (Å²) in [5.41, 5.74) is 4.18. The van der Waals surface area contributed by atoms with Crippen molar-refractivity contribution in [2.24, 2.45) is 0 Å². The van der Waals surface area contributed by atoms with Crippen LogP contribution >= 0.6 is 0 Å². The van der Waals surface area contributed by atoms with E-state index in [1.165, 1.54) is 4.90 Å². The quantitative estimate of drug-likeness (QED) is 0.161. The summed E-state index contributed by atoms with van der Waals surface area (Å²) in [4.78, 5) is 40.9. The van der Waals surface area contributed by atoms with Gasteiger partial charge in [-0.1, -0.05) is 48.5 Å². The fraction of sp³-hybridized carbons (Fsp3) is 0.222. The van der Waals surface area contributed by atoms with Crippen molar-refractivity contribution < 1.29 is 23.9 Å². The number of benzene rings is 4. The third kappa shape index (κ3) is 7.03. The van der Waals surface area contributed by atoms with E-state index in [1.807, 2.05) is 49.4 Å². The molecule has 0 atom stereocenters. The summed E-state index contributed by atoms with van der Waals surface area (Å²) in [6.07, 6.45) is -0.515. The first-order chi connectivity index (χ1) is 21.6. The molecule has 0 aliphatic carbocycles. The molecule has 9 nitrogen and oxygen atoms in total. The second kappa shape index (κ2) is 13.0. The number of carbonyl (C=O) groups excluding carboxylic acids is 3. The van der Waals surface area contributed by atoms with Gasteiger partial charge in [0.25, 0.3) is 11.8 Å². The van der Waals surface area contributed by atoms with Crippen LogP contribution in [0.5, 0.6) is 11.5 Å². The number of alkyl carbamates (subject to hydrolysis) is 1. The molecule has 1 heterocycles. The van der Waals surface area contributed by atoms with Crippen molar-refractivity contribution in [3.8, 4) is 28.7 Å². The normalized spacial score (nSPS) is 12.5. The third-order valence-corrected chi connectivity index (χ3v) is 7.17. The van der Waals surface area contributed by atoms with Gasteiger partial charge in [-0.3, -0.25) is 9.59 Å². The van der Waals surface area contributed by atoms with E-state index < -0.39 is 23.5 Å². The molecular weight excluding hydrogens is 568 g/mol. The van der Waals surface area contributed by atoms with Crippen LogP contribution in [-0.4, -0.2) is 36.6 Å². The average Bonchev–Trinajstić information content (AvgIpc) is 3.25. The number of hydrogen-bond acceptors (Lipinski definition) is 7. The van der Waals surface area contributed by atoms with Gasteiger partial charge in [0.05, 0.1) is 28.4 Å².